The third-order valence-corrected chi connectivity index (χ3v) is 11.4. The number of carbonyl (C=O) groups excluding carboxylic acids is 4. The van der Waals surface area contributed by atoms with Crippen LogP contribution < -0.4 is 10.3 Å². The average Bonchev–Trinajstić information content (AvgIpc) is 3.51. The van der Waals surface area contributed by atoms with E-state index in [1.807, 2.05) is 6.08 Å². The average molecular weight is 723 g/mol. The number of phenols is 1. The van der Waals surface area contributed by atoms with Crippen LogP contribution in [-0.2, 0) is 24.6 Å². The van der Waals surface area contributed by atoms with Crippen molar-refractivity contribution in [2.75, 3.05) is 10.3 Å². The number of benzene rings is 4. The Morgan fingerprint density at radius 2 is 1.53 bits per heavy atom. The predicted molar refractivity (Wildman–Crippen MR) is 191 cm³/mol. The molecule has 3 fully saturated rings. The number of imide groups is 2. The molecule has 2 saturated heterocycles. The Kier molecular flexibility index (Phi) is 7.88. The Morgan fingerprint density at radius 3 is 2.22 bits per heavy atom. The van der Waals surface area contributed by atoms with Crippen LogP contribution in [0.5, 0.6) is 5.75 Å². The fraction of sp³-hybridized carbons (Fsp3) is 0.200. The van der Waals surface area contributed by atoms with Crippen molar-refractivity contribution in [3.63, 3.8) is 0 Å². The summed E-state index contributed by atoms with van der Waals surface area (Å²) in [6.45, 7) is 3.78. The lowest BCUT2D eigenvalue weighted by atomic mass is 9.49. The molecule has 4 aromatic rings. The summed E-state index contributed by atoms with van der Waals surface area (Å²) in [5, 5.41) is 13.1. The number of fused-ring (bicyclic) bond motifs is 4. The normalized spacial score (nSPS) is 26.8. The van der Waals surface area contributed by atoms with Gasteiger partial charge in [-0.05, 0) is 96.6 Å². The van der Waals surface area contributed by atoms with Crippen LogP contribution in [0.25, 0.3) is 6.08 Å². The summed E-state index contributed by atoms with van der Waals surface area (Å²) in [5.74, 6) is -6.75. The lowest BCUT2D eigenvalue weighted by Crippen LogP contribution is -2.53. The van der Waals surface area contributed by atoms with Crippen LogP contribution in [0.1, 0.15) is 35.4 Å². The molecule has 4 aliphatic rings. The van der Waals surface area contributed by atoms with Gasteiger partial charge in [0.25, 0.3) is 11.8 Å². The number of nitrogens with one attached hydrogen (secondary N) is 1. The van der Waals surface area contributed by atoms with Crippen molar-refractivity contribution in [2.24, 2.45) is 23.7 Å². The van der Waals surface area contributed by atoms with Gasteiger partial charge in [0.05, 0.1) is 34.5 Å². The topological polar surface area (TPSA) is 107 Å². The number of anilines is 2. The monoisotopic (exact) mass is 721 g/mol. The Balaban J connectivity index is 1.32. The zero-order valence-electron chi connectivity index (χ0n) is 26.9. The maximum absolute atomic E-state index is 15.2. The Bertz CT molecular complexity index is 2170. The number of hydrogen-bond acceptors (Lipinski definition) is 6. The van der Waals surface area contributed by atoms with Gasteiger partial charge in [0, 0.05) is 21.5 Å². The lowest BCUT2D eigenvalue weighted by Gasteiger charge is -2.50. The van der Waals surface area contributed by atoms with Gasteiger partial charge in [0.2, 0.25) is 11.8 Å². The van der Waals surface area contributed by atoms with Gasteiger partial charge < -0.3 is 5.11 Å². The van der Waals surface area contributed by atoms with Crippen LogP contribution in [0, 0.1) is 29.5 Å². The fourth-order valence-electron chi connectivity index (χ4n) is 8.77. The number of hydrogen-bond donors (Lipinski definition) is 2. The molecule has 1 saturated carbocycles. The largest absolute Gasteiger partial charge is 0.508 e. The third kappa shape index (κ3) is 4.93. The molecular formula is C40H30Cl2FN3O5. The number of phenolic OH excluding ortho intramolecular Hbond substituents is 1. The highest BCUT2D eigenvalue weighted by Gasteiger charge is 2.70. The van der Waals surface area contributed by atoms with Gasteiger partial charge in [0.15, 0.2) is 0 Å². The van der Waals surface area contributed by atoms with Gasteiger partial charge in [-0.15, -0.1) is 0 Å². The molecule has 8 nitrogen and oxygen atoms in total. The van der Waals surface area contributed by atoms with Crippen LogP contribution in [0.15, 0.2) is 109 Å². The lowest BCUT2D eigenvalue weighted by molar-refractivity contribution is -0.138. The molecule has 51 heavy (non-hydrogen) atoms. The maximum atomic E-state index is 15.2. The van der Waals surface area contributed by atoms with Gasteiger partial charge >= 0.3 is 0 Å². The first-order chi connectivity index (χ1) is 24.5. The molecule has 2 heterocycles. The number of allylic oxidation sites excluding steroid dienone is 2. The second-order valence-electron chi connectivity index (χ2n) is 13.4. The van der Waals surface area contributed by atoms with Crippen LogP contribution >= 0.6 is 23.2 Å². The van der Waals surface area contributed by atoms with E-state index < -0.39 is 58.5 Å². The standard InChI is InChI=1S/C40H30Cl2FN3O5/c1-2-21-3-14-27(15-4-21)45-36(48)29-17-16-28-30(34(29)38(45)50)20-32-37(49)46(44-26-12-10-25(43)11-13-26)39(51)40(32,22-5-7-23(41)8-6-22)35(28)31-19-24(42)9-18-33(31)47/h2-16,18-19,29-30,32,34-35,44,47H,1,17,20H2. The quantitative estimate of drug-likeness (QED) is 0.156. The second kappa shape index (κ2) is 12.2. The Morgan fingerprint density at radius 1 is 0.843 bits per heavy atom. The van der Waals surface area contributed by atoms with Gasteiger partial charge in [-0.25, -0.2) is 4.39 Å². The summed E-state index contributed by atoms with van der Waals surface area (Å²) >= 11 is 12.9. The van der Waals surface area contributed by atoms with Crippen LogP contribution in [0.2, 0.25) is 10.0 Å². The summed E-state index contributed by atoms with van der Waals surface area (Å²) in [6.07, 6.45) is 3.83. The molecule has 2 aliphatic carbocycles. The van der Waals surface area contributed by atoms with E-state index in [9.17, 15) is 23.9 Å². The van der Waals surface area contributed by atoms with Gasteiger partial charge in [-0.2, -0.15) is 5.01 Å². The van der Waals surface area contributed by atoms with Crippen molar-refractivity contribution in [3.05, 3.63) is 142 Å². The molecule has 0 bridgehead atoms. The first kappa shape index (κ1) is 32.9. The smallest absolute Gasteiger partial charge is 0.260 e. The first-order valence-electron chi connectivity index (χ1n) is 16.5. The highest BCUT2D eigenvalue weighted by molar-refractivity contribution is 6.31. The van der Waals surface area contributed by atoms with Crippen LogP contribution in [-0.4, -0.2) is 33.7 Å². The summed E-state index contributed by atoms with van der Waals surface area (Å²) < 4.78 is 13.8. The van der Waals surface area contributed by atoms with Crippen LogP contribution in [0.3, 0.4) is 0 Å². The molecule has 0 radical (unpaired) electrons. The molecule has 2 N–H and O–H groups in total. The highest BCUT2D eigenvalue weighted by atomic mass is 35.5. The first-order valence-corrected chi connectivity index (χ1v) is 17.3. The zero-order chi connectivity index (χ0) is 35.8. The Hall–Kier alpha value is -5.25. The summed E-state index contributed by atoms with van der Waals surface area (Å²) in [4.78, 5) is 59.5. The SMILES string of the molecule is C=Cc1ccc(N2C(=O)C3CC=C4C(CC5C(=O)N(Nc6ccc(F)cc6)C(=O)C5(c5ccc(Cl)cc5)C4c4cc(Cl)ccc4O)C3C2=O)cc1. The summed E-state index contributed by atoms with van der Waals surface area (Å²) in [6, 6.07) is 23.4. The van der Waals surface area contributed by atoms with E-state index in [4.69, 9.17) is 23.2 Å². The molecule has 4 aromatic carbocycles. The molecule has 2 aliphatic heterocycles. The summed E-state index contributed by atoms with van der Waals surface area (Å²) in [5.41, 5.74) is 4.27. The second-order valence-corrected chi connectivity index (χ2v) is 14.3. The summed E-state index contributed by atoms with van der Waals surface area (Å²) in [7, 11) is 0. The number of carbonyl (C=O) groups is 4. The third-order valence-electron chi connectivity index (χ3n) is 10.9. The fourth-order valence-corrected chi connectivity index (χ4v) is 9.08. The van der Waals surface area contributed by atoms with Crippen molar-refractivity contribution < 1.29 is 28.7 Å². The number of rotatable bonds is 6. The molecular weight excluding hydrogens is 692 g/mol. The minimum atomic E-state index is -1.64. The zero-order valence-corrected chi connectivity index (χ0v) is 28.4. The molecule has 6 unspecified atom stereocenters. The van der Waals surface area contributed by atoms with Gasteiger partial charge in [-0.3, -0.25) is 29.5 Å². The molecule has 11 heteroatoms. The molecule has 0 spiro atoms. The maximum Gasteiger partial charge on any atom is 0.260 e. The van der Waals surface area contributed by atoms with E-state index in [-0.39, 0.29) is 24.5 Å². The van der Waals surface area contributed by atoms with Crippen molar-refractivity contribution >= 4 is 64.3 Å². The van der Waals surface area contributed by atoms with Crippen molar-refractivity contribution in [1.29, 1.82) is 0 Å². The van der Waals surface area contributed by atoms with E-state index in [2.05, 4.69) is 12.0 Å². The van der Waals surface area contributed by atoms with E-state index in [0.717, 1.165) is 10.6 Å². The number of nitrogens with zero attached hydrogens (tertiary/aromatic N) is 2. The van der Waals surface area contributed by atoms with Gasteiger partial charge in [0.1, 0.15) is 11.6 Å². The molecule has 6 atom stereocenters. The molecule has 256 valence electrons. The van der Waals surface area contributed by atoms with E-state index in [1.165, 1.54) is 41.3 Å². The van der Waals surface area contributed by atoms with Gasteiger partial charge in [-0.1, -0.05) is 71.8 Å². The molecule has 4 amide bonds. The van der Waals surface area contributed by atoms with Crippen molar-refractivity contribution in [2.45, 2.75) is 24.2 Å². The number of halogens is 3. The molecule has 8 rings (SSSR count). The predicted octanol–water partition coefficient (Wildman–Crippen LogP) is 7.67. The highest BCUT2D eigenvalue weighted by Crippen LogP contribution is 2.65. The van der Waals surface area contributed by atoms with E-state index in [0.29, 0.717) is 38.1 Å². The van der Waals surface area contributed by atoms with Crippen LogP contribution in [0.4, 0.5) is 15.8 Å². The minimum Gasteiger partial charge on any atom is -0.508 e. The van der Waals surface area contributed by atoms with Crippen molar-refractivity contribution in [1.82, 2.24) is 5.01 Å². The van der Waals surface area contributed by atoms with E-state index in [1.54, 1.807) is 60.7 Å². The number of amides is 4. The number of hydrazine groups is 1. The minimum absolute atomic E-state index is 0.0574. The molecule has 0 aromatic heterocycles. The van der Waals surface area contributed by atoms with Crippen molar-refractivity contribution in [3.8, 4) is 5.75 Å². The van der Waals surface area contributed by atoms with E-state index >= 15 is 4.79 Å². The number of aromatic hydroxyl groups is 1. The Labute approximate surface area is 302 Å².